The van der Waals surface area contributed by atoms with Crippen LogP contribution in [-0.2, 0) is 6.42 Å². The fraction of sp³-hybridized carbons (Fsp3) is 0.455. The average molecular weight is 217 g/mol. The van der Waals surface area contributed by atoms with Gasteiger partial charge < -0.3 is 5.32 Å². The normalized spacial score (nSPS) is 13.9. The molecule has 0 aliphatic carbocycles. The molecule has 1 rings (SSSR count). The SMILES string of the molecule is CNCC(Cc1ccccc1)C(F)(F)F. The molecule has 0 saturated carbocycles. The molecular formula is C11H14F3N. The van der Waals surface area contributed by atoms with E-state index in [0.717, 1.165) is 5.56 Å². The van der Waals surface area contributed by atoms with Crippen molar-refractivity contribution in [1.82, 2.24) is 5.32 Å². The lowest BCUT2D eigenvalue weighted by atomic mass is 9.99. The van der Waals surface area contributed by atoms with E-state index in [-0.39, 0.29) is 13.0 Å². The van der Waals surface area contributed by atoms with Gasteiger partial charge in [-0.05, 0) is 19.0 Å². The summed E-state index contributed by atoms with van der Waals surface area (Å²) in [6.45, 7) is -0.0433. The van der Waals surface area contributed by atoms with E-state index in [2.05, 4.69) is 5.32 Å². The van der Waals surface area contributed by atoms with E-state index in [4.69, 9.17) is 0 Å². The van der Waals surface area contributed by atoms with Gasteiger partial charge in [0.25, 0.3) is 0 Å². The highest BCUT2D eigenvalue weighted by molar-refractivity contribution is 5.15. The van der Waals surface area contributed by atoms with Crippen LogP contribution in [0.25, 0.3) is 0 Å². The van der Waals surface area contributed by atoms with E-state index in [9.17, 15) is 13.2 Å². The molecule has 1 nitrogen and oxygen atoms in total. The third-order valence-electron chi connectivity index (χ3n) is 2.24. The Bertz CT molecular complexity index is 282. The Hall–Kier alpha value is -1.03. The first-order valence-electron chi connectivity index (χ1n) is 4.79. The van der Waals surface area contributed by atoms with Crippen molar-refractivity contribution in [2.75, 3.05) is 13.6 Å². The van der Waals surface area contributed by atoms with Gasteiger partial charge in [0.2, 0.25) is 0 Å². The predicted octanol–water partition coefficient (Wildman–Crippen LogP) is 2.63. The first-order chi connectivity index (χ1) is 7.04. The lowest BCUT2D eigenvalue weighted by molar-refractivity contribution is -0.172. The largest absolute Gasteiger partial charge is 0.393 e. The molecule has 1 unspecified atom stereocenters. The topological polar surface area (TPSA) is 12.0 Å². The summed E-state index contributed by atoms with van der Waals surface area (Å²) in [5.41, 5.74) is 0.718. The maximum Gasteiger partial charge on any atom is 0.393 e. The van der Waals surface area contributed by atoms with Gasteiger partial charge in [-0.15, -0.1) is 0 Å². The Kier molecular flexibility index (Phi) is 4.15. The van der Waals surface area contributed by atoms with Gasteiger partial charge in [-0.1, -0.05) is 30.3 Å². The number of rotatable bonds is 4. The van der Waals surface area contributed by atoms with Gasteiger partial charge in [-0.2, -0.15) is 13.2 Å². The van der Waals surface area contributed by atoms with Crippen LogP contribution in [0.2, 0.25) is 0 Å². The summed E-state index contributed by atoms with van der Waals surface area (Å²) < 4.78 is 37.7. The zero-order valence-electron chi connectivity index (χ0n) is 8.51. The standard InChI is InChI=1S/C11H14F3N/c1-15-8-10(11(12,13)14)7-9-5-3-2-4-6-9/h2-6,10,15H,7-8H2,1H3. The monoisotopic (exact) mass is 217 g/mol. The van der Waals surface area contributed by atoms with Crippen LogP contribution in [-0.4, -0.2) is 19.8 Å². The molecule has 0 aromatic heterocycles. The molecule has 1 N–H and O–H groups in total. The van der Waals surface area contributed by atoms with E-state index in [1.54, 1.807) is 30.3 Å². The second-order valence-electron chi connectivity index (χ2n) is 3.49. The summed E-state index contributed by atoms with van der Waals surface area (Å²) in [7, 11) is 1.53. The van der Waals surface area contributed by atoms with Crippen LogP contribution in [0.15, 0.2) is 30.3 Å². The number of halogens is 3. The molecule has 0 saturated heterocycles. The molecule has 84 valence electrons. The van der Waals surface area contributed by atoms with Crippen molar-refractivity contribution in [1.29, 1.82) is 0 Å². The highest BCUT2D eigenvalue weighted by atomic mass is 19.4. The number of nitrogens with one attached hydrogen (secondary N) is 1. The van der Waals surface area contributed by atoms with Crippen LogP contribution in [0, 0.1) is 5.92 Å². The molecule has 1 aromatic rings. The third kappa shape index (κ3) is 3.91. The van der Waals surface area contributed by atoms with E-state index in [1.807, 2.05) is 0 Å². The molecule has 1 atom stereocenters. The third-order valence-corrected chi connectivity index (χ3v) is 2.24. The average Bonchev–Trinajstić information content (AvgIpc) is 2.17. The van der Waals surface area contributed by atoms with E-state index < -0.39 is 12.1 Å². The Morgan fingerprint density at radius 2 is 1.80 bits per heavy atom. The van der Waals surface area contributed by atoms with Crippen molar-refractivity contribution >= 4 is 0 Å². The van der Waals surface area contributed by atoms with Crippen LogP contribution < -0.4 is 5.32 Å². The number of hydrogen-bond donors (Lipinski definition) is 1. The quantitative estimate of drug-likeness (QED) is 0.817. The highest BCUT2D eigenvalue weighted by Gasteiger charge is 2.38. The molecule has 15 heavy (non-hydrogen) atoms. The Morgan fingerprint density at radius 1 is 1.20 bits per heavy atom. The van der Waals surface area contributed by atoms with Gasteiger partial charge in [0.05, 0.1) is 5.92 Å². The summed E-state index contributed by atoms with van der Waals surface area (Å²) in [5, 5.41) is 2.57. The van der Waals surface area contributed by atoms with Crippen molar-refractivity contribution < 1.29 is 13.2 Å². The van der Waals surface area contributed by atoms with Crippen molar-refractivity contribution in [2.24, 2.45) is 5.92 Å². The fourth-order valence-electron chi connectivity index (χ4n) is 1.45. The van der Waals surface area contributed by atoms with Gasteiger partial charge in [0.15, 0.2) is 0 Å². The van der Waals surface area contributed by atoms with Crippen LogP contribution in [0.5, 0.6) is 0 Å². The minimum absolute atomic E-state index is 0.0329. The number of hydrogen-bond acceptors (Lipinski definition) is 1. The molecule has 4 heteroatoms. The predicted molar refractivity (Wildman–Crippen MR) is 53.6 cm³/mol. The Morgan fingerprint density at radius 3 is 2.27 bits per heavy atom. The molecule has 0 amide bonds. The van der Waals surface area contributed by atoms with Crippen LogP contribution in [0.1, 0.15) is 5.56 Å². The Balaban J connectivity index is 2.67. The summed E-state index contributed by atoms with van der Waals surface area (Å²) in [5.74, 6) is -1.31. The highest BCUT2D eigenvalue weighted by Crippen LogP contribution is 2.28. The molecule has 0 bridgehead atoms. The van der Waals surface area contributed by atoms with Crippen molar-refractivity contribution in [3.63, 3.8) is 0 Å². The maximum absolute atomic E-state index is 12.6. The minimum atomic E-state index is -4.14. The van der Waals surface area contributed by atoms with Gasteiger partial charge >= 0.3 is 6.18 Å². The van der Waals surface area contributed by atoms with Crippen LogP contribution in [0.3, 0.4) is 0 Å². The van der Waals surface area contributed by atoms with Crippen LogP contribution >= 0.6 is 0 Å². The molecule has 0 fully saturated rings. The van der Waals surface area contributed by atoms with Gasteiger partial charge in [0.1, 0.15) is 0 Å². The summed E-state index contributed by atoms with van der Waals surface area (Å²) in [4.78, 5) is 0. The van der Waals surface area contributed by atoms with Crippen molar-refractivity contribution in [3.05, 3.63) is 35.9 Å². The molecular weight excluding hydrogens is 203 g/mol. The molecule has 1 aromatic carbocycles. The molecule has 0 radical (unpaired) electrons. The van der Waals surface area contributed by atoms with Crippen LogP contribution in [0.4, 0.5) is 13.2 Å². The number of benzene rings is 1. The van der Waals surface area contributed by atoms with E-state index >= 15 is 0 Å². The van der Waals surface area contributed by atoms with E-state index in [0.29, 0.717) is 0 Å². The lowest BCUT2D eigenvalue weighted by Gasteiger charge is -2.19. The Labute approximate surface area is 87.3 Å². The van der Waals surface area contributed by atoms with Gasteiger partial charge in [-0.25, -0.2) is 0 Å². The molecule has 0 aliphatic heterocycles. The molecule has 0 spiro atoms. The summed E-state index contributed by atoms with van der Waals surface area (Å²) in [6.07, 6.45) is -4.11. The van der Waals surface area contributed by atoms with Crippen molar-refractivity contribution in [3.8, 4) is 0 Å². The summed E-state index contributed by atoms with van der Waals surface area (Å²) in [6, 6.07) is 8.73. The second-order valence-corrected chi connectivity index (χ2v) is 3.49. The van der Waals surface area contributed by atoms with Gasteiger partial charge in [0, 0.05) is 6.54 Å². The maximum atomic E-state index is 12.6. The first kappa shape index (κ1) is 12.0. The van der Waals surface area contributed by atoms with E-state index in [1.165, 1.54) is 7.05 Å². The fourth-order valence-corrected chi connectivity index (χ4v) is 1.45. The zero-order chi connectivity index (χ0) is 11.3. The lowest BCUT2D eigenvalue weighted by Crippen LogP contribution is -2.33. The summed E-state index contributed by atoms with van der Waals surface area (Å²) >= 11 is 0. The smallest absolute Gasteiger partial charge is 0.319 e. The first-order valence-corrected chi connectivity index (χ1v) is 4.79. The van der Waals surface area contributed by atoms with Crippen molar-refractivity contribution in [2.45, 2.75) is 12.6 Å². The number of alkyl halides is 3. The second kappa shape index (κ2) is 5.16. The van der Waals surface area contributed by atoms with Gasteiger partial charge in [-0.3, -0.25) is 0 Å². The molecule has 0 aliphatic rings. The zero-order valence-corrected chi connectivity index (χ0v) is 8.51. The minimum Gasteiger partial charge on any atom is -0.319 e. The molecule has 0 heterocycles.